The number of hydrogen-bond donors (Lipinski definition) is 4. The van der Waals surface area contributed by atoms with Crippen LogP contribution in [0.15, 0.2) is 53.0 Å². The third-order valence-electron chi connectivity index (χ3n) is 15.1. The summed E-state index contributed by atoms with van der Waals surface area (Å²) in [6.45, 7) is 13.7. The number of carbonyl (C=O) groups excluding carboxylic acids is 4. The van der Waals surface area contributed by atoms with Gasteiger partial charge in [-0.15, -0.1) is 11.8 Å². The zero-order chi connectivity index (χ0) is 55.5. The summed E-state index contributed by atoms with van der Waals surface area (Å²) in [6.07, 6.45) is -6.92. The van der Waals surface area contributed by atoms with Gasteiger partial charge in [-0.1, -0.05) is 50.6 Å². The fourth-order valence-corrected chi connectivity index (χ4v) is 11.2. The molecule has 20 heteroatoms. The van der Waals surface area contributed by atoms with Gasteiger partial charge in [-0.3, -0.25) is 14.4 Å². The number of esters is 2. The van der Waals surface area contributed by atoms with E-state index in [2.05, 4.69) is 0 Å². The summed E-state index contributed by atoms with van der Waals surface area (Å²) < 4.78 is 61.3. The van der Waals surface area contributed by atoms with Gasteiger partial charge in [0, 0.05) is 49.7 Å². The number of methoxy groups -OCH3 is 2. The van der Waals surface area contributed by atoms with Crippen LogP contribution in [-0.4, -0.2) is 194 Å². The van der Waals surface area contributed by atoms with E-state index < -0.39 is 146 Å². The summed E-state index contributed by atoms with van der Waals surface area (Å²) in [5, 5.41) is 46.6. The Kier molecular flexibility index (Phi) is 23.9. The molecular weight excluding hydrogens is 995 g/mol. The molecule has 0 saturated carbocycles. The molecule has 424 valence electrons. The van der Waals surface area contributed by atoms with Crippen LogP contribution >= 0.6 is 11.8 Å². The zero-order valence-electron chi connectivity index (χ0n) is 46.0. The van der Waals surface area contributed by atoms with Crippen LogP contribution in [0.1, 0.15) is 93.1 Å². The molecule has 4 heterocycles. The maximum atomic E-state index is 13.9. The zero-order valence-corrected chi connectivity index (χ0v) is 46.8. The lowest BCUT2D eigenvalue weighted by Gasteiger charge is -2.50. The molecule has 0 unspecified atom stereocenters. The van der Waals surface area contributed by atoms with E-state index in [-0.39, 0.29) is 38.1 Å². The fourth-order valence-electron chi connectivity index (χ4n) is 10.8. The number of benzene rings is 1. The molecule has 0 amide bonds. The van der Waals surface area contributed by atoms with E-state index >= 15 is 0 Å². The number of likely N-dealkylation sites (N-methyl/N-ethyl adjacent to an activating group) is 1. The van der Waals surface area contributed by atoms with E-state index in [9.17, 15) is 39.6 Å². The lowest BCUT2D eigenvalue weighted by Crippen LogP contribution is -2.65. The molecule has 0 radical (unpaired) electrons. The lowest BCUT2D eigenvalue weighted by molar-refractivity contribution is -0.342. The first-order valence-electron chi connectivity index (χ1n) is 26.2. The van der Waals surface area contributed by atoms with Crippen LogP contribution in [0.5, 0.6) is 0 Å². The standard InChI is InChI=1S/C55H85NO18S/c1-14-41-37(28-67-54-51(66-12)50(65-11)46(62)32(5)69-54)23-29(2)15-20-39(58)30(3)24-36(21-22-57)48(31(4)40(59)26-43(61)71-41)74-53-47(63)45(56(9)10)49(33(6)70-53)73-44-27-55(8,64)52(34(7)68-44)72-42(60)25-35-16-18-38(75-13)19-17-35/h15-20,22-23,30-34,36-37,40-41,44-54,59,62-64H,14,21,24-28H2,1-13H3/b20-15+,29-23+/t30-,31+,32-,33-,34+,36+,37-,40-,41-,44-,45-,46+,47-,48-,49-,50-,51-,52+,53+,54-,55-/m1/s1. The van der Waals surface area contributed by atoms with Crippen LogP contribution in [0.2, 0.25) is 0 Å². The smallest absolute Gasteiger partial charge is 0.310 e. The Morgan fingerprint density at radius 2 is 1.55 bits per heavy atom. The molecule has 0 bridgehead atoms. The largest absolute Gasteiger partial charge is 0.462 e. The minimum Gasteiger partial charge on any atom is -0.462 e. The topological polar surface area (TPSA) is 245 Å². The van der Waals surface area contributed by atoms with E-state index in [1.807, 2.05) is 43.5 Å². The number of aliphatic hydroxyl groups is 4. The molecule has 19 nitrogen and oxygen atoms in total. The predicted octanol–water partition coefficient (Wildman–Crippen LogP) is 4.35. The van der Waals surface area contributed by atoms with E-state index in [0.29, 0.717) is 12.0 Å². The van der Waals surface area contributed by atoms with Gasteiger partial charge in [0.1, 0.15) is 48.5 Å². The predicted molar refractivity (Wildman–Crippen MR) is 276 cm³/mol. The number of nitrogens with zero attached hydrogens (tertiary/aromatic N) is 1. The van der Waals surface area contributed by atoms with Gasteiger partial charge < -0.3 is 77.5 Å². The van der Waals surface area contributed by atoms with Gasteiger partial charge >= 0.3 is 11.9 Å². The Labute approximate surface area is 447 Å². The number of hydrogen-bond acceptors (Lipinski definition) is 20. The summed E-state index contributed by atoms with van der Waals surface area (Å²) in [5.41, 5.74) is -0.115. The number of rotatable bonds is 17. The summed E-state index contributed by atoms with van der Waals surface area (Å²) in [5.74, 6) is -4.22. The Morgan fingerprint density at radius 1 is 0.880 bits per heavy atom. The highest BCUT2D eigenvalue weighted by Crippen LogP contribution is 2.38. The Morgan fingerprint density at radius 3 is 2.15 bits per heavy atom. The summed E-state index contributed by atoms with van der Waals surface area (Å²) in [6, 6.07) is 6.77. The van der Waals surface area contributed by atoms with Gasteiger partial charge in [0.15, 0.2) is 30.8 Å². The van der Waals surface area contributed by atoms with E-state index in [1.54, 1.807) is 85.3 Å². The second kappa shape index (κ2) is 28.6. The number of carbonyl (C=O) groups is 4. The molecule has 0 aliphatic carbocycles. The van der Waals surface area contributed by atoms with Crippen molar-refractivity contribution in [2.75, 3.05) is 41.2 Å². The molecule has 0 spiro atoms. The van der Waals surface area contributed by atoms with E-state index in [0.717, 1.165) is 16.7 Å². The number of cyclic esters (lactones) is 1. The Hall–Kier alpha value is -3.19. The second-order valence-corrected chi connectivity index (χ2v) is 22.1. The minimum absolute atomic E-state index is 0.0119. The first kappa shape index (κ1) is 62.7. The van der Waals surface area contributed by atoms with Crippen molar-refractivity contribution >= 4 is 35.8 Å². The lowest BCUT2D eigenvalue weighted by atomic mass is 9.79. The first-order valence-corrected chi connectivity index (χ1v) is 27.4. The van der Waals surface area contributed by atoms with Crippen molar-refractivity contribution in [3.63, 3.8) is 0 Å². The highest BCUT2D eigenvalue weighted by Gasteiger charge is 2.53. The van der Waals surface area contributed by atoms with Gasteiger partial charge in [0.05, 0.1) is 56.0 Å². The highest BCUT2D eigenvalue weighted by atomic mass is 32.2. The maximum absolute atomic E-state index is 13.9. The summed E-state index contributed by atoms with van der Waals surface area (Å²) in [4.78, 5) is 56.1. The van der Waals surface area contributed by atoms with Crippen molar-refractivity contribution < 1.29 is 87.0 Å². The van der Waals surface area contributed by atoms with Crippen LogP contribution < -0.4 is 0 Å². The number of aliphatic hydroxyl groups excluding tert-OH is 3. The van der Waals surface area contributed by atoms with E-state index in [1.165, 1.54) is 20.3 Å². The van der Waals surface area contributed by atoms with Crippen LogP contribution in [-0.2, 0) is 73.0 Å². The van der Waals surface area contributed by atoms with Gasteiger partial charge in [-0.05, 0) is 97.5 Å². The average molecular weight is 1080 g/mol. The number of ether oxygens (including phenoxy) is 10. The SMILES string of the molecule is CC[C@H]1OC(=O)C[C@@H](O)[C@H](C)[C@@H](O[C@@H]2O[C@H](C)[C@@H](O[C@@H]3C[C@@](C)(O)[C@@H](OC(=O)Cc4ccc(SC)cc4)[C@H](C)O3)[C@H](N(C)C)[C@H]2O)[C@@H](CC=O)C[C@@H](C)C(=O)/C=C/C(C)=C/[C@@H]1CO[C@@H]1O[C@H](C)[C@H](O)[C@@H](OC)[C@H]1OC. The molecule has 5 rings (SSSR count). The summed E-state index contributed by atoms with van der Waals surface area (Å²) in [7, 11) is 6.43. The van der Waals surface area contributed by atoms with Crippen molar-refractivity contribution in [1.82, 2.24) is 4.90 Å². The van der Waals surface area contributed by atoms with Gasteiger partial charge in [0.25, 0.3) is 0 Å². The van der Waals surface area contributed by atoms with Crippen LogP contribution in [0, 0.1) is 23.7 Å². The van der Waals surface area contributed by atoms with Crippen molar-refractivity contribution in [1.29, 1.82) is 0 Å². The van der Waals surface area contributed by atoms with Crippen LogP contribution in [0.4, 0.5) is 0 Å². The quantitative estimate of drug-likeness (QED) is 0.0963. The molecule has 3 saturated heterocycles. The van der Waals surface area contributed by atoms with Crippen molar-refractivity contribution in [2.24, 2.45) is 23.7 Å². The molecule has 3 fully saturated rings. The maximum Gasteiger partial charge on any atom is 0.310 e. The van der Waals surface area contributed by atoms with Gasteiger partial charge in [-0.25, -0.2) is 0 Å². The molecule has 4 aliphatic rings. The molecule has 4 aliphatic heterocycles. The Balaban J connectivity index is 1.34. The summed E-state index contributed by atoms with van der Waals surface area (Å²) >= 11 is 1.59. The molecule has 4 N–H and O–H groups in total. The second-order valence-electron chi connectivity index (χ2n) is 21.2. The van der Waals surface area contributed by atoms with Crippen LogP contribution in [0.3, 0.4) is 0 Å². The molecular formula is C55H85NO18S. The van der Waals surface area contributed by atoms with Crippen molar-refractivity contribution in [3.05, 3.63) is 53.6 Å². The number of ketones is 1. The van der Waals surface area contributed by atoms with Crippen molar-refractivity contribution in [3.8, 4) is 0 Å². The number of aldehydes is 1. The highest BCUT2D eigenvalue weighted by molar-refractivity contribution is 7.98. The third-order valence-corrected chi connectivity index (χ3v) is 15.9. The Bertz CT molecular complexity index is 2050. The molecule has 21 atom stereocenters. The first-order chi connectivity index (χ1) is 35.5. The molecule has 75 heavy (non-hydrogen) atoms. The molecule has 1 aromatic carbocycles. The average Bonchev–Trinajstić information content (AvgIpc) is 3.35. The number of allylic oxidation sites excluding steroid dienone is 3. The van der Waals surface area contributed by atoms with Gasteiger partial charge in [0.2, 0.25) is 0 Å². The fraction of sp³-hybridized carbons (Fsp3) is 0.745. The monoisotopic (exact) mass is 1080 g/mol. The van der Waals surface area contributed by atoms with Crippen molar-refractivity contribution in [2.45, 2.75) is 203 Å². The normalized spacial score (nSPS) is 40.8. The van der Waals surface area contributed by atoms with Gasteiger partial charge in [-0.2, -0.15) is 0 Å². The molecule has 0 aromatic heterocycles. The third kappa shape index (κ3) is 16.4. The van der Waals surface area contributed by atoms with E-state index in [4.69, 9.17) is 47.4 Å². The van der Waals surface area contributed by atoms with Crippen LogP contribution in [0.25, 0.3) is 0 Å². The number of thioether (sulfide) groups is 1. The molecule has 1 aromatic rings. The minimum atomic E-state index is -1.56.